The number of rotatable bonds is 5. The summed E-state index contributed by atoms with van der Waals surface area (Å²) in [5, 5.41) is 7.12. The van der Waals surface area contributed by atoms with Crippen molar-refractivity contribution in [2.24, 2.45) is 4.99 Å². The van der Waals surface area contributed by atoms with Crippen LogP contribution in [0.5, 0.6) is 0 Å². The van der Waals surface area contributed by atoms with E-state index in [0.29, 0.717) is 19.0 Å². The summed E-state index contributed by atoms with van der Waals surface area (Å²) in [6.07, 6.45) is 3.51. The zero-order valence-electron chi connectivity index (χ0n) is 12.8. The van der Waals surface area contributed by atoms with E-state index in [-0.39, 0.29) is 5.82 Å². The lowest BCUT2D eigenvalue weighted by atomic mass is 10.2. The van der Waals surface area contributed by atoms with Crippen LogP contribution in [-0.2, 0) is 13.1 Å². The second-order valence-electron chi connectivity index (χ2n) is 4.70. The molecule has 0 spiro atoms. The molecule has 0 saturated heterocycles. The van der Waals surface area contributed by atoms with Gasteiger partial charge in [0.15, 0.2) is 5.96 Å². The quantitative estimate of drug-likeness (QED) is 0.521. The Morgan fingerprint density at radius 3 is 2.91 bits per heavy atom. The fourth-order valence-electron chi connectivity index (χ4n) is 2.08. The minimum atomic E-state index is -0.236. The molecule has 7 heteroatoms. The Morgan fingerprint density at radius 1 is 1.45 bits per heavy atom. The molecule has 22 heavy (non-hydrogen) atoms. The standard InChI is InChI=1S/C15H19FN4OS/c1-17-15(20(2)10-13-6-7-21-19-13)18-9-11-8-12(16)4-5-14(11)22-3/h4-8H,9-10H2,1-3H3,(H,17,18). The first-order valence-electron chi connectivity index (χ1n) is 6.77. The van der Waals surface area contributed by atoms with Gasteiger partial charge in [-0.1, -0.05) is 5.16 Å². The number of nitrogens with one attached hydrogen (secondary N) is 1. The zero-order chi connectivity index (χ0) is 15.9. The topological polar surface area (TPSA) is 53.7 Å². The third kappa shape index (κ3) is 4.24. The highest BCUT2D eigenvalue weighted by atomic mass is 32.2. The summed E-state index contributed by atoms with van der Waals surface area (Å²) in [5.74, 6) is 0.472. The summed E-state index contributed by atoms with van der Waals surface area (Å²) in [6.45, 7) is 1.08. The average molecular weight is 322 g/mol. The lowest BCUT2D eigenvalue weighted by Gasteiger charge is -2.21. The zero-order valence-corrected chi connectivity index (χ0v) is 13.7. The molecule has 0 atom stereocenters. The molecule has 5 nitrogen and oxygen atoms in total. The van der Waals surface area contributed by atoms with E-state index in [1.807, 2.05) is 24.3 Å². The monoisotopic (exact) mass is 322 g/mol. The largest absolute Gasteiger partial charge is 0.364 e. The van der Waals surface area contributed by atoms with E-state index in [9.17, 15) is 4.39 Å². The summed E-state index contributed by atoms with van der Waals surface area (Å²) in [4.78, 5) is 7.21. The van der Waals surface area contributed by atoms with Gasteiger partial charge in [0.25, 0.3) is 0 Å². The molecule has 0 amide bonds. The van der Waals surface area contributed by atoms with Crippen LogP contribution in [0.1, 0.15) is 11.3 Å². The second kappa shape index (κ2) is 7.84. The Balaban J connectivity index is 2.00. The maximum Gasteiger partial charge on any atom is 0.194 e. The van der Waals surface area contributed by atoms with Gasteiger partial charge in [-0.25, -0.2) is 4.39 Å². The van der Waals surface area contributed by atoms with Crippen molar-refractivity contribution in [1.82, 2.24) is 15.4 Å². The Morgan fingerprint density at radius 2 is 2.27 bits per heavy atom. The van der Waals surface area contributed by atoms with Crippen LogP contribution >= 0.6 is 11.8 Å². The second-order valence-corrected chi connectivity index (χ2v) is 5.55. The van der Waals surface area contributed by atoms with Crippen LogP contribution < -0.4 is 5.32 Å². The maximum absolute atomic E-state index is 13.4. The third-order valence-electron chi connectivity index (χ3n) is 3.14. The molecule has 0 unspecified atom stereocenters. The predicted molar refractivity (Wildman–Crippen MR) is 86.3 cm³/mol. The Hall–Kier alpha value is -2.02. The number of guanidine groups is 1. The molecule has 0 bridgehead atoms. The predicted octanol–water partition coefficient (Wildman–Crippen LogP) is 2.74. The van der Waals surface area contributed by atoms with Gasteiger partial charge < -0.3 is 14.7 Å². The number of hydrogen-bond donors (Lipinski definition) is 1. The molecule has 1 heterocycles. The maximum atomic E-state index is 13.4. The molecule has 0 fully saturated rings. The van der Waals surface area contributed by atoms with Gasteiger partial charge in [-0.05, 0) is 30.0 Å². The van der Waals surface area contributed by atoms with Crippen LogP contribution in [0.2, 0.25) is 0 Å². The van der Waals surface area contributed by atoms with Gasteiger partial charge in [0, 0.05) is 31.6 Å². The molecule has 0 aliphatic heterocycles. The third-order valence-corrected chi connectivity index (χ3v) is 3.98. The first-order valence-corrected chi connectivity index (χ1v) is 8.00. The van der Waals surface area contributed by atoms with Gasteiger partial charge in [-0.15, -0.1) is 11.8 Å². The highest BCUT2D eigenvalue weighted by Gasteiger charge is 2.10. The van der Waals surface area contributed by atoms with E-state index < -0.39 is 0 Å². The van der Waals surface area contributed by atoms with E-state index in [4.69, 9.17) is 4.52 Å². The molecule has 0 aliphatic rings. The summed E-state index contributed by atoms with van der Waals surface area (Å²) >= 11 is 1.59. The SMILES string of the molecule is CN=C(NCc1cc(F)ccc1SC)N(C)Cc1ccon1. The number of aliphatic imine (C=N–C) groups is 1. The van der Waals surface area contributed by atoms with E-state index in [1.54, 1.807) is 30.9 Å². The molecule has 0 aliphatic carbocycles. The normalized spacial score (nSPS) is 11.5. The van der Waals surface area contributed by atoms with Crippen LogP contribution in [0, 0.1) is 5.82 Å². The van der Waals surface area contributed by atoms with Crippen molar-refractivity contribution >= 4 is 17.7 Å². The molecule has 2 rings (SSSR count). The molecular formula is C15H19FN4OS. The molecule has 0 saturated carbocycles. The Kier molecular flexibility index (Phi) is 5.83. The van der Waals surface area contributed by atoms with Gasteiger partial charge in [-0.2, -0.15) is 0 Å². The molecule has 118 valence electrons. The number of thioether (sulfide) groups is 1. The van der Waals surface area contributed by atoms with Crippen LogP contribution in [0.3, 0.4) is 0 Å². The number of aromatic nitrogens is 1. The van der Waals surface area contributed by atoms with Gasteiger partial charge >= 0.3 is 0 Å². The van der Waals surface area contributed by atoms with Crippen molar-refractivity contribution in [2.45, 2.75) is 18.0 Å². The van der Waals surface area contributed by atoms with Crippen molar-refractivity contribution in [3.05, 3.63) is 47.6 Å². The first kappa shape index (κ1) is 16.4. The van der Waals surface area contributed by atoms with E-state index >= 15 is 0 Å². The van der Waals surface area contributed by atoms with E-state index in [1.165, 1.54) is 12.3 Å². The summed E-state index contributed by atoms with van der Waals surface area (Å²) in [6, 6.07) is 6.62. The van der Waals surface area contributed by atoms with Crippen molar-refractivity contribution in [1.29, 1.82) is 0 Å². The number of benzene rings is 1. The molecule has 1 N–H and O–H groups in total. The highest BCUT2D eigenvalue weighted by molar-refractivity contribution is 7.98. The van der Waals surface area contributed by atoms with Crippen molar-refractivity contribution < 1.29 is 8.91 Å². The van der Waals surface area contributed by atoms with Crippen LogP contribution in [0.4, 0.5) is 4.39 Å². The van der Waals surface area contributed by atoms with Gasteiger partial charge in [0.1, 0.15) is 17.8 Å². The fourth-order valence-corrected chi connectivity index (χ4v) is 2.68. The molecule has 0 radical (unpaired) electrons. The lowest BCUT2D eigenvalue weighted by molar-refractivity contribution is 0.391. The lowest BCUT2D eigenvalue weighted by Crippen LogP contribution is -2.38. The summed E-state index contributed by atoms with van der Waals surface area (Å²) < 4.78 is 18.2. The van der Waals surface area contributed by atoms with Crippen LogP contribution in [0.25, 0.3) is 0 Å². The van der Waals surface area contributed by atoms with Crippen molar-refractivity contribution in [3.8, 4) is 0 Å². The van der Waals surface area contributed by atoms with Crippen molar-refractivity contribution in [3.63, 3.8) is 0 Å². The minimum absolute atomic E-state index is 0.236. The number of hydrogen-bond acceptors (Lipinski definition) is 4. The molecule has 1 aromatic heterocycles. The van der Waals surface area contributed by atoms with Crippen LogP contribution in [-0.4, -0.2) is 36.4 Å². The summed E-state index contributed by atoms with van der Waals surface area (Å²) in [7, 11) is 3.62. The van der Waals surface area contributed by atoms with E-state index in [2.05, 4.69) is 15.5 Å². The molecular weight excluding hydrogens is 303 g/mol. The van der Waals surface area contributed by atoms with Gasteiger partial charge in [0.05, 0.1) is 6.54 Å². The summed E-state index contributed by atoms with van der Waals surface area (Å²) in [5.41, 5.74) is 1.73. The average Bonchev–Trinajstić information content (AvgIpc) is 3.01. The van der Waals surface area contributed by atoms with Gasteiger partial charge in [0.2, 0.25) is 0 Å². The highest BCUT2D eigenvalue weighted by Crippen LogP contribution is 2.21. The first-order chi connectivity index (χ1) is 10.6. The smallest absolute Gasteiger partial charge is 0.194 e. The van der Waals surface area contributed by atoms with Crippen molar-refractivity contribution in [2.75, 3.05) is 20.4 Å². The number of nitrogens with zero attached hydrogens (tertiary/aromatic N) is 3. The Labute approximate surface area is 133 Å². The Bertz CT molecular complexity index is 630. The molecule has 2 aromatic rings. The molecule has 1 aromatic carbocycles. The fraction of sp³-hybridized carbons (Fsp3) is 0.333. The minimum Gasteiger partial charge on any atom is -0.364 e. The van der Waals surface area contributed by atoms with E-state index in [0.717, 1.165) is 16.2 Å². The van der Waals surface area contributed by atoms with Gasteiger partial charge in [-0.3, -0.25) is 4.99 Å². The van der Waals surface area contributed by atoms with Crippen LogP contribution in [0.15, 0.2) is 44.9 Å². The number of halogens is 1.